The molecule has 0 spiro atoms. The molecule has 22 heavy (non-hydrogen) atoms. The summed E-state index contributed by atoms with van der Waals surface area (Å²) in [6, 6.07) is 6.32. The molecule has 2 saturated heterocycles. The van der Waals surface area contributed by atoms with Crippen molar-refractivity contribution in [1.29, 1.82) is 0 Å². The summed E-state index contributed by atoms with van der Waals surface area (Å²) < 4.78 is 5.45. The number of benzene rings is 1. The van der Waals surface area contributed by atoms with Crippen LogP contribution in [0.15, 0.2) is 18.2 Å². The largest absolute Gasteiger partial charge is 0.482 e. The third-order valence-corrected chi connectivity index (χ3v) is 4.62. The van der Waals surface area contributed by atoms with E-state index in [1.807, 2.05) is 0 Å². The van der Waals surface area contributed by atoms with Crippen molar-refractivity contribution in [3.8, 4) is 5.75 Å². The summed E-state index contributed by atoms with van der Waals surface area (Å²) in [6.07, 6.45) is 4.44. The molecule has 2 unspecified atom stereocenters. The number of carbonyl (C=O) groups is 1. The van der Waals surface area contributed by atoms with Gasteiger partial charge in [-0.05, 0) is 43.9 Å². The molecule has 2 atom stereocenters. The fourth-order valence-corrected chi connectivity index (χ4v) is 3.64. The number of carbonyl (C=O) groups excluding carboxylic acids is 1. The van der Waals surface area contributed by atoms with Gasteiger partial charge in [0.25, 0.3) is 5.91 Å². The maximum Gasteiger partial charge on any atom is 0.258 e. The van der Waals surface area contributed by atoms with Crippen LogP contribution in [-0.2, 0) is 4.79 Å². The number of fused-ring (bicyclic) bond motifs is 2. The monoisotopic (exact) mass is 364 g/mol. The summed E-state index contributed by atoms with van der Waals surface area (Å²) >= 11 is 11.8. The molecular weight excluding hydrogens is 347 g/mol. The Hall–Kier alpha value is -0.680. The van der Waals surface area contributed by atoms with E-state index in [0.717, 1.165) is 12.8 Å². The molecule has 0 saturated carbocycles. The number of rotatable bonds is 4. The second kappa shape index (κ2) is 7.73. The van der Waals surface area contributed by atoms with Crippen molar-refractivity contribution in [2.75, 3.05) is 6.61 Å². The molecule has 1 aromatic rings. The van der Waals surface area contributed by atoms with Crippen LogP contribution in [0.4, 0.5) is 0 Å². The van der Waals surface area contributed by atoms with Gasteiger partial charge in [-0.2, -0.15) is 0 Å². The average Bonchev–Trinajstić information content (AvgIpc) is 2.77. The molecule has 122 valence electrons. The SMILES string of the molecule is Cl.O=C(COc1ccc(Cl)cc1Cl)NC1CC2CCC(C1)N2. The van der Waals surface area contributed by atoms with Crippen LogP contribution in [0.25, 0.3) is 0 Å². The van der Waals surface area contributed by atoms with E-state index in [-0.39, 0.29) is 31.0 Å². The average molecular weight is 366 g/mol. The molecule has 0 aromatic heterocycles. The van der Waals surface area contributed by atoms with Crippen LogP contribution in [0.2, 0.25) is 10.0 Å². The Balaban J connectivity index is 0.00000176. The van der Waals surface area contributed by atoms with Gasteiger partial charge in [0.1, 0.15) is 5.75 Å². The van der Waals surface area contributed by atoms with Gasteiger partial charge < -0.3 is 15.4 Å². The Kier molecular flexibility index (Phi) is 6.21. The van der Waals surface area contributed by atoms with Crippen molar-refractivity contribution in [3.63, 3.8) is 0 Å². The van der Waals surface area contributed by atoms with E-state index in [1.54, 1.807) is 18.2 Å². The third-order valence-electron chi connectivity index (χ3n) is 4.09. The molecule has 0 radical (unpaired) electrons. The van der Waals surface area contributed by atoms with Crippen molar-refractivity contribution in [2.45, 2.75) is 43.8 Å². The standard InChI is InChI=1S/C15H18Cl2N2O2.ClH/c16-9-1-4-14(13(17)5-9)21-8-15(20)19-12-6-10-2-3-11(7-12)18-10;/h1,4-5,10-12,18H,2-3,6-8H2,(H,19,20);1H. The van der Waals surface area contributed by atoms with Gasteiger partial charge in [0.05, 0.1) is 5.02 Å². The summed E-state index contributed by atoms with van der Waals surface area (Å²) in [4.78, 5) is 12.0. The highest BCUT2D eigenvalue weighted by atomic mass is 35.5. The first-order chi connectivity index (χ1) is 10.1. The second-order valence-corrected chi connectivity index (χ2v) is 6.58. The van der Waals surface area contributed by atoms with Crippen LogP contribution < -0.4 is 15.4 Å². The molecule has 2 bridgehead atoms. The lowest BCUT2D eigenvalue weighted by Gasteiger charge is -2.29. The van der Waals surface area contributed by atoms with Crippen molar-refractivity contribution in [1.82, 2.24) is 10.6 Å². The lowest BCUT2D eigenvalue weighted by atomic mass is 10.00. The molecule has 1 amide bonds. The van der Waals surface area contributed by atoms with Crippen molar-refractivity contribution in [2.24, 2.45) is 0 Å². The predicted molar refractivity (Wildman–Crippen MR) is 90.3 cm³/mol. The molecule has 1 aromatic carbocycles. The molecule has 2 aliphatic heterocycles. The van der Waals surface area contributed by atoms with Gasteiger partial charge in [-0.15, -0.1) is 12.4 Å². The van der Waals surface area contributed by atoms with Crippen LogP contribution >= 0.6 is 35.6 Å². The summed E-state index contributed by atoms with van der Waals surface area (Å²) in [5, 5.41) is 7.56. The van der Waals surface area contributed by atoms with Gasteiger partial charge >= 0.3 is 0 Å². The number of halogens is 3. The molecule has 0 aliphatic carbocycles. The fraction of sp³-hybridized carbons (Fsp3) is 0.533. The summed E-state index contributed by atoms with van der Waals surface area (Å²) in [5.41, 5.74) is 0. The zero-order chi connectivity index (χ0) is 14.8. The van der Waals surface area contributed by atoms with E-state index in [4.69, 9.17) is 27.9 Å². The molecule has 4 nitrogen and oxygen atoms in total. The molecular formula is C15H19Cl3N2O2. The molecule has 7 heteroatoms. The highest BCUT2D eigenvalue weighted by Crippen LogP contribution is 2.28. The van der Waals surface area contributed by atoms with E-state index >= 15 is 0 Å². The van der Waals surface area contributed by atoms with Gasteiger partial charge in [-0.1, -0.05) is 23.2 Å². The Morgan fingerprint density at radius 1 is 1.27 bits per heavy atom. The number of piperidine rings is 1. The zero-order valence-corrected chi connectivity index (χ0v) is 14.3. The quantitative estimate of drug-likeness (QED) is 0.861. The highest BCUT2D eigenvalue weighted by molar-refractivity contribution is 6.35. The van der Waals surface area contributed by atoms with Crippen LogP contribution in [0.5, 0.6) is 5.75 Å². The van der Waals surface area contributed by atoms with E-state index in [1.165, 1.54) is 12.8 Å². The van der Waals surface area contributed by atoms with Gasteiger partial charge in [-0.3, -0.25) is 4.79 Å². The number of hydrogen-bond donors (Lipinski definition) is 2. The Morgan fingerprint density at radius 2 is 1.95 bits per heavy atom. The number of hydrogen-bond acceptors (Lipinski definition) is 3. The molecule has 2 heterocycles. The van der Waals surface area contributed by atoms with E-state index < -0.39 is 0 Å². The second-order valence-electron chi connectivity index (χ2n) is 5.74. The minimum Gasteiger partial charge on any atom is -0.482 e. The molecule has 2 N–H and O–H groups in total. The van der Waals surface area contributed by atoms with Crippen LogP contribution in [0.1, 0.15) is 25.7 Å². The van der Waals surface area contributed by atoms with Gasteiger partial charge in [-0.25, -0.2) is 0 Å². The predicted octanol–water partition coefficient (Wildman–Crippen LogP) is 3.19. The minimum atomic E-state index is -0.104. The highest BCUT2D eigenvalue weighted by Gasteiger charge is 2.33. The number of ether oxygens (including phenoxy) is 1. The number of amides is 1. The van der Waals surface area contributed by atoms with E-state index in [0.29, 0.717) is 27.9 Å². The Morgan fingerprint density at radius 3 is 2.59 bits per heavy atom. The van der Waals surface area contributed by atoms with Gasteiger partial charge in [0.15, 0.2) is 6.61 Å². The zero-order valence-electron chi connectivity index (χ0n) is 12.0. The first-order valence-electron chi connectivity index (χ1n) is 7.23. The van der Waals surface area contributed by atoms with E-state index in [2.05, 4.69) is 10.6 Å². The van der Waals surface area contributed by atoms with Crippen LogP contribution in [-0.4, -0.2) is 30.6 Å². The van der Waals surface area contributed by atoms with E-state index in [9.17, 15) is 4.79 Å². The third kappa shape index (κ3) is 4.42. The van der Waals surface area contributed by atoms with Crippen molar-refractivity contribution < 1.29 is 9.53 Å². The van der Waals surface area contributed by atoms with Crippen LogP contribution in [0, 0.1) is 0 Å². The Labute approximate surface area is 146 Å². The summed E-state index contributed by atoms with van der Waals surface area (Å²) in [5.74, 6) is 0.369. The minimum absolute atomic E-state index is 0. The smallest absolute Gasteiger partial charge is 0.258 e. The first-order valence-corrected chi connectivity index (χ1v) is 7.99. The topological polar surface area (TPSA) is 50.4 Å². The normalized spacial score (nSPS) is 26.2. The molecule has 3 rings (SSSR count). The summed E-state index contributed by atoms with van der Waals surface area (Å²) in [7, 11) is 0. The lowest BCUT2D eigenvalue weighted by Crippen LogP contribution is -2.48. The maximum atomic E-state index is 12.0. The molecule has 2 fully saturated rings. The first kappa shape index (κ1) is 17.7. The maximum absolute atomic E-state index is 12.0. The Bertz CT molecular complexity index is 530. The van der Waals surface area contributed by atoms with Gasteiger partial charge in [0.2, 0.25) is 0 Å². The van der Waals surface area contributed by atoms with Gasteiger partial charge in [0, 0.05) is 23.1 Å². The fourth-order valence-electron chi connectivity index (χ4n) is 3.18. The number of nitrogens with one attached hydrogen (secondary N) is 2. The lowest BCUT2D eigenvalue weighted by molar-refractivity contribution is -0.124. The van der Waals surface area contributed by atoms with Crippen LogP contribution in [0.3, 0.4) is 0 Å². The van der Waals surface area contributed by atoms with Crippen molar-refractivity contribution >= 4 is 41.5 Å². The summed E-state index contributed by atoms with van der Waals surface area (Å²) in [6.45, 7) is -0.0272. The van der Waals surface area contributed by atoms with Crippen molar-refractivity contribution in [3.05, 3.63) is 28.2 Å². The molecule has 2 aliphatic rings.